The van der Waals surface area contributed by atoms with Crippen LogP contribution in [0.25, 0.3) is 0 Å². The maximum absolute atomic E-state index is 6.13. The summed E-state index contributed by atoms with van der Waals surface area (Å²) >= 11 is 0. The Morgan fingerprint density at radius 2 is 1.95 bits per heavy atom. The van der Waals surface area contributed by atoms with E-state index in [2.05, 4.69) is 6.92 Å². The Morgan fingerprint density at radius 3 is 2.58 bits per heavy atom. The predicted molar refractivity (Wildman–Crippen MR) is 76.8 cm³/mol. The summed E-state index contributed by atoms with van der Waals surface area (Å²) in [6, 6.07) is 5.47. The van der Waals surface area contributed by atoms with E-state index in [0.717, 1.165) is 30.1 Å². The van der Waals surface area contributed by atoms with Crippen LogP contribution in [0.4, 0.5) is 0 Å². The topological polar surface area (TPSA) is 53.7 Å². The second kappa shape index (κ2) is 8.77. The van der Waals surface area contributed by atoms with Crippen LogP contribution in [0.15, 0.2) is 18.2 Å². The van der Waals surface area contributed by atoms with E-state index in [1.54, 1.807) is 14.2 Å². The average molecular weight is 267 g/mol. The van der Waals surface area contributed by atoms with Crippen LogP contribution in [0.5, 0.6) is 11.5 Å². The first kappa shape index (κ1) is 15.8. The molecule has 108 valence electrons. The van der Waals surface area contributed by atoms with E-state index in [-0.39, 0.29) is 6.04 Å². The van der Waals surface area contributed by atoms with Gasteiger partial charge in [-0.2, -0.15) is 0 Å². The zero-order valence-corrected chi connectivity index (χ0v) is 12.1. The molecule has 0 aliphatic carbocycles. The summed E-state index contributed by atoms with van der Waals surface area (Å²) in [6.07, 6.45) is 3.48. The minimum Gasteiger partial charge on any atom is -0.497 e. The molecule has 0 radical (unpaired) electrons. The molecule has 0 saturated carbocycles. The Balaban J connectivity index is 2.53. The fourth-order valence-electron chi connectivity index (χ4n) is 1.88. The number of benzene rings is 1. The van der Waals surface area contributed by atoms with Crippen molar-refractivity contribution < 1.29 is 14.2 Å². The normalized spacial score (nSPS) is 12.2. The van der Waals surface area contributed by atoms with Gasteiger partial charge >= 0.3 is 0 Å². The van der Waals surface area contributed by atoms with Crippen LogP contribution >= 0.6 is 0 Å². The summed E-state index contributed by atoms with van der Waals surface area (Å²) in [5, 5.41) is 0. The molecule has 1 aromatic carbocycles. The number of hydrogen-bond acceptors (Lipinski definition) is 4. The number of hydrogen-bond donors (Lipinski definition) is 1. The van der Waals surface area contributed by atoms with Gasteiger partial charge in [-0.1, -0.05) is 19.8 Å². The minimum atomic E-state index is -0.178. The van der Waals surface area contributed by atoms with Gasteiger partial charge in [-0.3, -0.25) is 0 Å². The van der Waals surface area contributed by atoms with Crippen molar-refractivity contribution in [1.29, 1.82) is 0 Å². The van der Waals surface area contributed by atoms with Crippen molar-refractivity contribution in [2.75, 3.05) is 27.4 Å². The Kier molecular flexibility index (Phi) is 7.30. The van der Waals surface area contributed by atoms with Crippen LogP contribution in [-0.4, -0.2) is 27.4 Å². The molecule has 19 heavy (non-hydrogen) atoms. The number of rotatable bonds is 9. The molecule has 1 unspecified atom stereocenters. The summed E-state index contributed by atoms with van der Waals surface area (Å²) in [5.74, 6) is 1.50. The molecule has 0 bridgehead atoms. The molecule has 2 N–H and O–H groups in total. The van der Waals surface area contributed by atoms with Gasteiger partial charge in [0.05, 0.1) is 26.9 Å². The zero-order chi connectivity index (χ0) is 14.1. The number of ether oxygens (including phenoxy) is 3. The van der Waals surface area contributed by atoms with Crippen LogP contribution in [-0.2, 0) is 4.74 Å². The van der Waals surface area contributed by atoms with Crippen molar-refractivity contribution in [3.8, 4) is 11.5 Å². The number of unbranched alkanes of at least 4 members (excludes halogenated alkanes) is 2. The standard InChI is InChI=1S/C15H25NO3/c1-4-5-6-9-19-11-14(16)13-8-7-12(17-2)10-15(13)18-3/h7-8,10,14H,4-6,9,11,16H2,1-3H3. The third kappa shape index (κ3) is 5.09. The van der Waals surface area contributed by atoms with Gasteiger partial charge in [0, 0.05) is 18.2 Å². The van der Waals surface area contributed by atoms with Crippen LogP contribution in [0.1, 0.15) is 37.8 Å². The van der Waals surface area contributed by atoms with Crippen molar-refractivity contribution in [2.45, 2.75) is 32.2 Å². The second-order valence-electron chi connectivity index (χ2n) is 4.50. The van der Waals surface area contributed by atoms with Crippen molar-refractivity contribution in [3.63, 3.8) is 0 Å². The molecule has 0 aliphatic heterocycles. The maximum Gasteiger partial charge on any atom is 0.127 e. The van der Waals surface area contributed by atoms with Gasteiger partial charge in [-0.05, 0) is 18.6 Å². The lowest BCUT2D eigenvalue weighted by Gasteiger charge is -2.16. The zero-order valence-electron chi connectivity index (χ0n) is 12.1. The van der Waals surface area contributed by atoms with Crippen LogP contribution < -0.4 is 15.2 Å². The summed E-state index contributed by atoms with van der Waals surface area (Å²) in [6.45, 7) is 3.44. The van der Waals surface area contributed by atoms with Gasteiger partial charge in [0.25, 0.3) is 0 Å². The Morgan fingerprint density at radius 1 is 1.16 bits per heavy atom. The lowest BCUT2D eigenvalue weighted by molar-refractivity contribution is 0.117. The van der Waals surface area contributed by atoms with E-state index in [1.165, 1.54) is 12.8 Å². The van der Waals surface area contributed by atoms with E-state index in [9.17, 15) is 0 Å². The predicted octanol–water partition coefficient (Wildman–Crippen LogP) is 2.91. The largest absolute Gasteiger partial charge is 0.497 e. The highest BCUT2D eigenvalue weighted by atomic mass is 16.5. The van der Waals surface area contributed by atoms with E-state index in [0.29, 0.717) is 6.61 Å². The van der Waals surface area contributed by atoms with Crippen molar-refractivity contribution in [2.24, 2.45) is 5.73 Å². The third-order valence-corrected chi connectivity index (χ3v) is 3.03. The number of methoxy groups -OCH3 is 2. The van der Waals surface area contributed by atoms with E-state index >= 15 is 0 Å². The van der Waals surface area contributed by atoms with Crippen LogP contribution in [0.2, 0.25) is 0 Å². The molecule has 4 heteroatoms. The molecule has 4 nitrogen and oxygen atoms in total. The average Bonchev–Trinajstić information content (AvgIpc) is 2.46. The molecule has 1 aromatic rings. The Bertz CT molecular complexity index is 368. The SMILES string of the molecule is CCCCCOCC(N)c1ccc(OC)cc1OC. The first-order valence-corrected chi connectivity index (χ1v) is 6.78. The Labute approximate surface area is 115 Å². The van der Waals surface area contributed by atoms with Crippen molar-refractivity contribution in [1.82, 2.24) is 0 Å². The summed E-state index contributed by atoms with van der Waals surface area (Å²) in [5.41, 5.74) is 7.08. The fraction of sp³-hybridized carbons (Fsp3) is 0.600. The second-order valence-corrected chi connectivity index (χ2v) is 4.50. The molecule has 0 aromatic heterocycles. The molecule has 0 aliphatic rings. The van der Waals surface area contributed by atoms with Gasteiger partial charge in [0.2, 0.25) is 0 Å². The molecule has 0 amide bonds. The first-order chi connectivity index (χ1) is 9.22. The van der Waals surface area contributed by atoms with Gasteiger partial charge < -0.3 is 19.9 Å². The van der Waals surface area contributed by atoms with E-state index in [4.69, 9.17) is 19.9 Å². The van der Waals surface area contributed by atoms with Gasteiger partial charge in [0.15, 0.2) is 0 Å². The number of nitrogens with two attached hydrogens (primary N) is 1. The summed E-state index contributed by atoms with van der Waals surface area (Å²) in [7, 11) is 3.26. The first-order valence-electron chi connectivity index (χ1n) is 6.78. The lowest BCUT2D eigenvalue weighted by Crippen LogP contribution is -2.18. The maximum atomic E-state index is 6.13. The van der Waals surface area contributed by atoms with Crippen molar-refractivity contribution in [3.05, 3.63) is 23.8 Å². The molecule has 0 heterocycles. The molecule has 0 saturated heterocycles. The lowest BCUT2D eigenvalue weighted by atomic mass is 10.1. The van der Waals surface area contributed by atoms with Crippen LogP contribution in [0.3, 0.4) is 0 Å². The summed E-state index contributed by atoms with van der Waals surface area (Å²) in [4.78, 5) is 0. The minimum absolute atomic E-state index is 0.178. The highest BCUT2D eigenvalue weighted by molar-refractivity contribution is 5.42. The smallest absolute Gasteiger partial charge is 0.127 e. The van der Waals surface area contributed by atoms with Gasteiger partial charge in [0.1, 0.15) is 11.5 Å². The highest BCUT2D eigenvalue weighted by Crippen LogP contribution is 2.28. The molecule has 0 fully saturated rings. The van der Waals surface area contributed by atoms with Gasteiger partial charge in [-0.15, -0.1) is 0 Å². The third-order valence-electron chi connectivity index (χ3n) is 3.03. The van der Waals surface area contributed by atoms with E-state index in [1.807, 2.05) is 18.2 Å². The van der Waals surface area contributed by atoms with E-state index < -0.39 is 0 Å². The molecular weight excluding hydrogens is 242 g/mol. The molecule has 1 rings (SSSR count). The quantitative estimate of drug-likeness (QED) is 0.699. The fourth-order valence-corrected chi connectivity index (χ4v) is 1.88. The van der Waals surface area contributed by atoms with Gasteiger partial charge in [-0.25, -0.2) is 0 Å². The monoisotopic (exact) mass is 267 g/mol. The highest BCUT2D eigenvalue weighted by Gasteiger charge is 2.13. The molecular formula is C15H25NO3. The Hall–Kier alpha value is -1.26. The summed E-state index contributed by atoms with van der Waals surface area (Å²) < 4.78 is 16.1. The van der Waals surface area contributed by atoms with Crippen LogP contribution in [0, 0.1) is 0 Å². The molecule has 1 atom stereocenters. The molecule has 0 spiro atoms. The van der Waals surface area contributed by atoms with Crippen molar-refractivity contribution >= 4 is 0 Å².